The summed E-state index contributed by atoms with van der Waals surface area (Å²) in [5, 5.41) is 0. The first kappa shape index (κ1) is 31.5. The van der Waals surface area contributed by atoms with E-state index in [2.05, 4.69) is 19.8 Å². The number of Topliss-reactive ketones (excluding diaryl/α,β-unsaturated/α-hetero) is 1. The first-order valence-electron chi connectivity index (χ1n) is 17.6. The van der Waals surface area contributed by atoms with Crippen molar-refractivity contribution >= 4 is 17.5 Å². The van der Waals surface area contributed by atoms with Crippen molar-refractivity contribution in [1.29, 1.82) is 0 Å². The van der Waals surface area contributed by atoms with E-state index in [0.717, 1.165) is 63.2 Å². The second kappa shape index (κ2) is 12.2. The minimum Gasteiger partial charge on any atom is -0.451 e. The van der Waals surface area contributed by atoms with Gasteiger partial charge in [0.25, 0.3) is 5.91 Å². The lowest BCUT2D eigenvalue weighted by Gasteiger charge is -2.56. The highest BCUT2D eigenvalue weighted by molar-refractivity contribution is 5.97. The Morgan fingerprint density at radius 1 is 1.09 bits per heavy atom. The summed E-state index contributed by atoms with van der Waals surface area (Å²) in [4.78, 5) is 41.3. The second-order valence-electron chi connectivity index (χ2n) is 15.8. The zero-order valence-electron chi connectivity index (χ0n) is 28.0. The number of amides is 1. The number of aromatic nitrogens is 2. The lowest BCUT2D eigenvalue weighted by atomic mass is 9.52. The Bertz CT molecular complexity index is 1460. The number of hydrogen-bond acceptors (Lipinski definition) is 7. The molecule has 4 saturated carbocycles. The molecule has 3 heterocycles. The summed E-state index contributed by atoms with van der Waals surface area (Å²) in [6.45, 7) is 13.2. The molecule has 46 heavy (non-hydrogen) atoms. The quantitative estimate of drug-likeness (QED) is 0.319. The molecule has 6 aliphatic rings. The standard InChI is InChI=1S/C37H50FN5O3/c1-24(2)43(25(3)4)35(45)31-16-29(38)7-8-32(31)46-33-19-39-23-40-34(33)42-21-36(22-42)11-13-41(14-12-36)20-27-15-28-6-5-26(27)17-37(28)10-9-30(44)18-37/h7-8,16,19,23-28H,5-6,9-15,17-18,20-22H2,1-4H3/t26?,27-,28?,37?/m0/s1. The summed E-state index contributed by atoms with van der Waals surface area (Å²) in [5.41, 5.74) is 0.838. The Morgan fingerprint density at radius 3 is 2.50 bits per heavy atom. The average molecular weight is 632 g/mol. The summed E-state index contributed by atoms with van der Waals surface area (Å²) in [5.74, 6) is 3.63. The van der Waals surface area contributed by atoms with E-state index in [1.807, 2.05) is 27.7 Å². The van der Waals surface area contributed by atoms with Gasteiger partial charge < -0.3 is 19.4 Å². The Kier molecular flexibility index (Phi) is 8.35. The van der Waals surface area contributed by atoms with Gasteiger partial charge in [0, 0.05) is 50.0 Å². The van der Waals surface area contributed by atoms with Crippen molar-refractivity contribution in [2.45, 2.75) is 97.6 Å². The number of rotatable bonds is 8. The molecule has 2 aliphatic heterocycles. The van der Waals surface area contributed by atoms with E-state index < -0.39 is 5.82 Å². The monoisotopic (exact) mass is 631 g/mol. The lowest BCUT2D eigenvalue weighted by Crippen LogP contribution is -2.61. The van der Waals surface area contributed by atoms with Gasteiger partial charge in [-0.05, 0) is 127 Å². The van der Waals surface area contributed by atoms with E-state index >= 15 is 0 Å². The minimum atomic E-state index is -0.478. The van der Waals surface area contributed by atoms with Gasteiger partial charge in [-0.1, -0.05) is 0 Å². The molecule has 1 aromatic heterocycles. The van der Waals surface area contributed by atoms with Gasteiger partial charge in [-0.3, -0.25) is 9.59 Å². The molecule has 8 nitrogen and oxygen atoms in total. The number of likely N-dealkylation sites (tertiary alicyclic amines) is 1. The maximum atomic E-state index is 14.4. The first-order valence-corrected chi connectivity index (χ1v) is 17.6. The molecule has 1 amide bonds. The molecular formula is C37H50FN5O3. The minimum absolute atomic E-state index is 0.0447. The van der Waals surface area contributed by atoms with Crippen LogP contribution in [-0.2, 0) is 4.79 Å². The fraction of sp³-hybridized carbons (Fsp3) is 0.676. The van der Waals surface area contributed by atoms with Crippen molar-refractivity contribution < 1.29 is 18.7 Å². The van der Waals surface area contributed by atoms with Crippen LogP contribution >= 0.6 is 0 Å². The summed E-state index contributed by atoms with van der Waals surface area (Å²) in [6.07, 6.45) is 13.7. The van der Waals surface area contributed by atoms with Crippen LogP contribution in [0.4, 0.5) is 10.2 Å². The van der Waals surface area contributed by atoms with Crippen molar-refractivity contribution in [2.24, 2.45) is 28.6 Å². The molecule has 4 aliphatic carbocycles. The molecule has 1 aromatic carbocycles. The number of ether oxygens (including phenoxy) is 1. The molecule has 8 rings (SSSR count). The van der Waals surface area contributed by atoms with E-state index in [0.29, 0.717) is 28.5 Å². The van der Waals surface area contributed by atoms with Gasteiger partial charge in [0.2, 0.25) is 0 Å². The maximum absolute atomic E-state index is 14.4. The van der Waals surface area contributed by atoms with Crippen LogP contribution in [0, 0.1) is 34.4 Å². The number of hydrogen-bond donors (Lipinski definition) is 0. The third-order valence-electron chi connectivity index (χ3n) is 12.3. The number of carbonyl (C=O) groups excluding carboxylic acids is 2. The van der Waals surface area contributed by atoms with Crippen LogP contribution in [0.3, 0.4) is 0 Å². The highest BCUT2D eigenvalue weighted by Gasteiger charge is 2.54. The van der Waals surface area contributed by atoms with Gasteiger partial charge >= 0.3 is 0 Å². The third kappa shape index (κ3) is 5.82. The Labute approximate surface area is 273 Å². The van der Waals surface area contributed by atoms with Crippen molar-refractivity contribution in [3.05, 3.63) is 42.1 Å². The first-order chi connectivity index (χ1) is 22.0. The number of carbonyl (C=O) groups is 2. The predicted molar refractivity (Wildman–Crippen MR) is 175 cm³/mol. The number of halogens is 1. The third-order valence-corrected chi connectivity index (χ3v) is 12.3. The summed E-state index contributed by atoms with van der Waals surface area (Å²) in [7, 11) is 0. The highest BCUT2D eigenvalue weighted by Crippen LogP contribution is 2.61. The molecule has 2 saturated heterocycles. The van der Waals surface area contributed by atoms with Crippen LogP contribution in [0.25, 0.3) is 0 Å². The zero-order chi connectivity index (χ0) is 32.2. The second-order valence-corrected chi connectivity index (χ2v) is 15.8. The van der Waals surface area contributed by atoms with Gasteiger partial charge in [-0.2, -0.15) is 0 Å². The molecule has 4 atom stereocenters. The van der Waals surface area contributed by atoms with Crippen LogP contribution in [0.2, 0.25) is 0 Å². The average Bonchev–Trinajstić information content (AvgIpc) is 3.37. The van der Waals surface area contributed by atoms with Crippen molar-refractivity contribution in [2.75, 3.05) is 37.6 Å². The molecule has 2 spiro atoms. The number of anilines is 1. The molecule has 6 fully saturated rings. The summed E-state index contributed by atoms with van der Waals surface area (Å²) >= 11 is 0. The molecule has 0 radical (unpaired) electrons. The number of piperidine rings is 1. The summed E-state index contributed by atoms with van der Waals surface area (Å²) in [6, 6.07) is 4.02. The molecule has 0 N–H and O–H groups in total. The predicted octanol–water partition coefficient (Wildman–Crippen LogP) is 6.74. The molecular weight excluding hydrogens is 581 g/mol. The van der Waals surface area contributed by atoms with Gasteiger partial charge in [0.1, 0.15) is 23.7 Å². The molecule has 248 valence electrons. The number of benzene rings is 1. The number of nitrogens with zero attached hydrogens (tertiary/aromatic N) is 5. The van der Waals surface area contributed by atoms with Crippen LogP contribution in [0.15, 0.2) is 30.7 Å². The van der Waals surface area contributed by atoms with E-state index in [1.165, 1.54) is 69.6 Å². The van der Waals surface area contributed by atoms with Crippen LogP contribution in [-0.4, -0.2) is 76.3 Å². The fourth-order valence-corrected chi connectivity index (χ4v) is 10.0. The zero-order valence-corrected chi connectivity index (χ0v) is 28.0. The van der Waals surface area contributed by atoms with Gasteiger partial charge in [-0.25, -0.2) is 14.4 Å². The molecule has 2 aromatic rings. The Hall–Kier alpha value is -3.07. The van der Waals surface area contributed by atoms with Crippen molar-refractivity contribution in [1.82, 2.24) is 19.8 Å². The fourth-order valence-electron chi connectivity index (χ4n) is 10.0. The largest absolute Gasteiger partial charge is 0.451 e. The highest BCUT2D eigenvalue weighted by atomic mass is 19.1. The van der Waals surface area contributed by atoms with Crippen molar-refractivity contribution in [3.63, 3.8) is 0 Å². The Morgan fingerprint density at radius 2 is 1.85 bits per heavy atom. The van der Waals surface area contributed by atoms with E-state index in [9.17, 15) is 14.0 Å². The van der Waals surface area contributed by atoms with Crippen molar-refractivity contribution in [3.8, 4) is 11.5 Å². The van der Waals surface area contributed by atoms with Gasteiger partial charge in [0.05, 0.1) is 11.8 Å². The maximum Gasteiger partial charge on any atom is 0.258 e. The molecule has 9 heteroatoms. The normalized spacial score (nSPS) is 28.8. The van der Waals surface area contributed by atoms with E-state index in [1.54, 1.807) is 11.1 Å². The van der Waals surface area contributed by atoms with Crippen LogP contribution in [0.5, 0.6) is 11.5 Å². The van der Waals surface area contributed by atoms with Crippen LogP contribution in [0.1, 0.15) is 95.8 Å². The Balaban J connectivity index is 0.970. The van der Waals surface area contributed by atoms with Gasteiger partial charge in [0.15, 0.2) is 11.6 Å². The molecule has 2 bridgehead atoms. The lowest BCUT2D eigenvalue weighted by molar-refractivity contribution is -0.120. The molecule has 3 unspecified atom stereocenters. The SMILES string of the molecule is CC(C)N(C(=O)c1cc(F)ccc1Oc1cncnc1N1CC2(CCN(C[C@@H]3CC4CCC3CC43CCC(=O)C3)CC2)C1)C(C)C. The topological polar surface area (TPSA) is 78.9 Å². The number of ketones is 1. The number of fused-ring (bicyclic) bond motifs is 2. The summed E-state index contributed by atoms with van der Waals surface area (Å²) < 4.78 is 20.7. The van der Waals surface area contributed by atoms with Crippen LogP contribution < -0.4 is 9.64 Å². The smallest absolute Gasteiger partial charge is 0.258 e. The van der Waals surface area contributed by atoms with E-state index in [-0.39, 0.29) is 29.0 Å². The van der Waals surface area contributed by atoms with Gasteiger partial charge in [-0.15, -0.1) is 0 Å². The van der Waals surface area contributed by atoms with E-state index in [4.69, 9.17) is 4.74 Å².